The molecule has 0 aliphatic carbocycles. The fourth-order valence-corrected chi connectivity index (χ4v) is 4.80. The van der Waals surface area contributed by atoms with Gasteiger partial charge >= 0.3 is 5.63 Å². The lowest BCUT2D eigenvalue weighted by atomic mass is 9.99. The molecular weight excluding hydrogens is 548 g/mol. The largest absolute Gasteiger partial charge is 0.493 e. The summed E-state index contributed by atoms with van der Waals surface area (Å²) in [4.78, 5) is 11.9. The van der Waals surface area contributed by atoms with Crippen molar-refractivity contribution >= 4 is 11.0 Å². The summed E-state index contributed by atoms with van der Waals surface area (Å²) in [6.45, 7) is -1.13. The van der Waals surface area contributed by atoms with Gasteiger partial charge in [0.05, 0.1) is 34.5 Å². The molecule has 14 heteroatoms. The molecule has 41 heavy (non-hydrogen) atoms. The monoisotopic (exact) mass is 578 g/mol. The first kappa shape index (κ1) is 28.7. The molecule has 222 valence electrons. The van der Waals surface area contributed by atoms with Crippen LogP contribution < -0.4 is 34.0 Å². The lowest BCUT2D eigenvalue weighted by Gasteiger charge is -2.39. The first-order chi connectivity index (χ1) is 19.7. The molecule has 5 N–H and O–H groups in total. The zero-order valence-electron chi connectivity index (χ0n) is 22.3. The lowest BCUT2D eigenvalue weighted by Crippen LogP contribution is -2.60. The van der Waals surface area contributed by atoms with Gasteiger partial charge in [-0.1, -0.05) is 0 Å². The van der Waals surface area contributed by atoms with E-state index in [-0.39, 0.29) is 34.3 Å². The standard InChI is InChI=1S/C27H30O14/c1-34-13-7-12(8-14(35-2)24(13)41-27-21(33)20(32)19(31)16(9-28)38-27)22-17(10-29)37-26-23-11(4-5-18(30)39-23)6-15(36-3)25(26)40-22/h4-8,16-17,19-22,27-29,31-33H,9-10H2,1-3H3. The Bertz CT molecular complexity index is 1430. The zero-order chi connectivity index (χ0) is 29.4. The summed E-state index contributed by atoms with van der Waals surface area (Å²) in [5, 5.41) is 50.9. The predicted octanol–water partition coefficient (Wildman–Crippen LogP) is -0.129. The van der Waals surface area contributed by atoms with Gasteiger partial charge in [0.25, 0.3) is 0 Å². The number of hydrogen-bond donors (Lipinski definition) is 5. The van der Waals surface area contributed by atoms with Gasteiger partial charge in [-0.15, -0.1) is 0 Å². The first-order valence-electron chi connectivity index (χ1n) is 12.6. The number of benzene rings is 2. The molecule has 14 nitrogen and oxygen atoms in total. The van der Waals surface area contributed by atoms with E-state index in [1.54, 1.807) is 12.1 Å². The summed E-state index contributed by atoms with van der Waals surface area (Å²) in [7, 11) is 4.15. The van der Waals surface area contributed by atoms with Crippen LogP contribution >= 0.6 is 0 Å². The van der Waals surface area contributed by atoms with Crippen molar-refractivity contribution < 1.29 is 63.1 Å². The fraction of sp³-hybridized carbons (Fsp3) is 0.444. The highest BCUT2D eigenvalue weighted by molar-refractivity contribution is 5.88. The Morgan fingerprint density at radius 1 is 0.780 bits per heavy atom. The Kier molecular flexibility index (Phi) is 8.13. The van der Waals surface area contributed by atoms with Crippen LogP contribution in [0.5, 0.6) is 34.5 Å². The van der Waals surface area contributed by atoms with Gasteiger partial charge in [0.1, 0.15) is 24.4 Å². The Morgan fingerprint density at radius 2 is 1.44 bits per heavy atom. The molecule has 1 aromatic heterocycles. The number of fused-ring (bicyclic) bond motifs is 3. The third-order valence-corrected chi connectivity index (χ3v) is 6.93. The zero-order valence-corrected chi connectivity index (χ0v) is 22.3. The lowest BCUT2D eigenvalue weighted by molar-refractivity contribution is -0.277. The predicted molar refractivity (Wildman–Crippen MR) is 138 cm³/mol. The van der Waals surface area contributed by atoms with E-state index in [0.717, 1.165) is 0 Å². The molecule has 7 atom stereocenters. The summed E-state index contributed by atoms with van der Waals surface area (Å²) in [5.41, 5.74) is -0.0505. The highest BCUT2D eigenvalue weighted by Crippen LogP contribution is 2.51. The molecule has 3 heterocycles. The topological polar surface area (TPSA) is 196 Å². The molecule has 0 radical (unpaired) electrons. The molecule has 1 saturated heterocycles. The van der Waals surface area contributed by atoms with E-state index < -0.39 is 61.8 Å². The van der Waals surface area contributed by atoms with Gasteiger partial charge in [-0.2, -0.15) is 0 Å². The van der Waals surface area contributed by atoms with Crippen LogP contribution in [0, 0.1) is 0 Å². The number of aliphatic hydroxyl groups is 5. The normalized spacial score (nSPS) is 27.4. The summed E-state index contributed by atoms with van der Waals surface area (Å²) in [6, 6.07) is 7.48. The molecule has 7 unspecified atom stereocenters. The Hall–Kier alpha value is -3.79. The molecule has 5 rings (SSSR count). The number of rotatable bonds is 8. The van der Waals surface area contributed by atoms with Crippen LogP contribution in [0.1, 0.15) is 11.7 Å². The molecule has 0 bridgehead atoms. The van der Waals surface area contributed by atoms with Gasteiger partial charge in [-0.3, -0.25) is 0 Å². The molecule has 3 aromatic rings. The van der Waals surface area contributed by atoms with E-state index in [1.165, 1.54) is 39.5 Å². The van der Waals surface area contributed by atoms with Crippen molar-refractivity contribution in [1.29, 1.82) is 0 Å². The average Bonchev–Trinajstić information content (AvgIpc) is 3.00. The second-order valence-corrected chi connectivity index (χ2v) is 9.36. The van der Waals surface area contributed by atoms with E-state index in [9.17, 15) is 30.3 Å². The van der Waals surface area contributed by atoms with Crippen molar-refractivity contribution in [3.8, 4) is 34.5 Å². The van der Waals surface area contributed by atoms with Crippen LogP contribution in [0.4, 0.5) is 0 Å². The summed E-state index contributed by atoms with van der Waals surface area (Å²) >= 11 is 0. The molecule has 0 saturated carbocycles. The second-order valence-electron chi connectivity index (χ2n) is 9.36. The van der Waals surface area contributed by atoms with Crippen LogP contribution in [0.2, 0.25) is 0 Å². The Labute approximate surface area is 232 Å². The van der Waals surface area contributed by atoms with Crippen molar-refractivity contribution in [2.45, 2.75) is 42.9 Å². The van der Waals surface area contributed by atoms with Gasteiger partial charge in [0.2, 0.25) is 23.5 Å². The third kappa shape index (κ3) is 5.09. The van der Waals surface area contributed by atoms with Crippen LogP contribution in [0.25, 0.3) is 11.0 Å². The van der Waals surface area contributed by atoms with E-state index in [0.29, 0.717) is 16.7 Å². The van der Waals surface area contributed by atoms with E-state index in [2.05, 4.69) is 0 Å². The summed E-state index contributed by atoms with van der Waals surface area (Å²) in [6.07, 6.45) is -9.51. The molecule has 2 aliphatic rings. The molecule has 0 spiro atoms. The summed E-state index contributed by atoms with van der Waals surface area (Å²) in [5.74, 6) is 0.700. The highest BCUT2D eigenvalue weighted by Gasteiger charge is 2.45. The van der Waals surface area contributed by atoms with E-state index >= 15 is 0 Å². The van der Waals surface area contributed by atoms with Crippen LogP contribution in [-0.4, -0.2) is 96.9 Å². The molecule has 2 aliphatic heterocycles. The van der Waals surface area contributed by atoms with Gasteiger partial charge in [0.15, 0.2) is 35.0 Å². The maximum Gasteiger partial charge on any atom is 0.336 e. The van der Waals surface area contributed by atoms with Gasteiger partial charge in [0, 0.05) is 17.0 Å². The third-order valence-electron chi connectivity index (χ3n) is 6.93. The minimum atomic E-state index is -1.67. The summed E-state index contributed by atoms with van der Waals surface area (Å²) < 4.78 is 45.5. The smallest absolute Gasteiger partial charge is 0.336 e. The number of aliphatic hydroxyl groups excluding tert-OH is 5. The molecule has 1 fully saturated rings. The van der Waals surface area contributed by atoms with Crippen molar-refractivity contribution in [1.82, 2.24) is 0 Å². The first-order valence-corrected chi connectivity index (χ1v) is 12.6. The Balaban J connectivity index is 1.53. The Morgan fingerprint density at radius 3 is 2.05 bits per heavy atom. The van der Waals surface area contributed by atoms with Gasteiger partial charge < -0.3 is 63.1 Å². The van der Waals surface area contributed by atoms with Crippen LogP contribution in [0.3, 0.4) is 0 Å². The van der Waals surface area contributed by atoms with E-state index in [1.807, 2.05) is 0 Å². The van der Waals surface area contributed by atoms with E-state index in [4.69, 9.17) is 37.6 Å². The average molecular weight is 579 g/mol. The van der Waals surface area contributed by atoms with Crippen molar-refractivity contribution in [2.75, 3.05) is 34.5 Å². The van der Waals surface area contributed by atoms with Gasteiger partial charge in [-0.25, -0.2) is 4.79 Å². The molecular formula is C27H30O14. The quantitative estimate of drug-likeness (QED) is 0.222. The van der Waals surface area contributed by atoms with Crippen molar-refractivity contribution in [3.63, 3.8) is 0 Å². The minimum absolute atomic E-state index is 0.0221. The molecule has 0 amide bonds. The number of ether oxygens (including phenoxy) is 7. The van der Waals surface area contributed by atoms with Crippen molar-refractivity contribution in [3.05, 3.63) is 46.3 Å². The highest BCUT2D eigenvalue weighted by atomic mass is 16.7. The van der Waals surface area contributed by atoms with Crippen LogP contribution in [0.15, 0.2) is 39.5 Å². The second kappa shape index (κ2) is 11.6. The SMILES string of the molecule is COc1cc(C2Oc3c(OC)cc4ccc(=O)oc4c3OC2CO)cc(OC)c1OC1OC(CO)C(O)C(O)C1O. The maximum atomic E-state index is 11.9. The van der Waals surface area contributed by atoms with Crippen molar-refractivity contribution in [2.24, 2.45) is 0 Å². The van der Waals surface area contributed by atoms with Crippen LogP contribution in [-0.2, 0) is 4.74 Å². The number of methoxy groups -OCH3 is 3. The maximum absolute atomic E-state index is 11.9. The minimum Gasteiger partial charge on any atom is -0.493 e. The fourth-order valence-electron chi connectivity index (χ4n) is 4.80. The number of hydrogen-bond acceptors (Lipinski definition) is 14. The molecule has 2 aromatic carbocycles. The van der Waals surface area contributed by atoms with Gasteiger partial charge in [-0.05, 0) is 24.3 Å².